The highest BCUT2D eigenvalue weighted by molar-refractivity contribution is 6.30. The molecule has 0 bridgehead atoms. The number of nitrogens with one attached hydrogen (secondary N) is 1. The van der Waals surface area contributed by atoms with Crippen molar-refractivity contribution < 1.29 is 9.90 Å². The van der Waals surface area contributed by atoms with Crippen molar-refractivity contribution in [3.8, 4) is 0 Å². The standard InChI is InChI=1S/C17H21ClN4O2/c1-21-9-8-15(20-21)19-17(24)22-10-6-13(7-11-22)16(23)12-2-4-14(18)5-3-12/h2-5,8-9,13,16,23H,6-7,10-11H2,1H3,(H,19,20,24). The number of aryl methyl sites for hydroxylation is 1. The summed E-state index contributed by atoms with van der Waals surface area (Å²) in [7, 11) is 1.80. The fourth-order valence-electron chi connectivity index (χ4n) is 3.02. The number of halogens is 1. The second kappa shape index (κ2) is 7.23. The van der Waals surface area contributed by atoms with E-state index in [1.807, 2.05) is 12.1 Å². The number of rotatable bonds is 3. The maximum absolute atomic E-state index is 12.2. The first-order valence-corrected chi connectivity index (χ1v) is 8.40. The molecule has 24 heavy (non-hydrogen) atoms. The minimum Gasteiger partial charge on any atom is -0.388 e. The molecule has 0 radical (unpaired) electrons. The Labute approximate surface area is 146 Å². The molecule has 1 atom stereocenters. The molecule has 2 aromatic rings. The molecule has 1 unspecified atom stereocenters. The van der Waals surface area contributed by atoms with Gasteiger partial charge in [-0.3, -0.25) is 10.00 Å². The Kier molecular flexibility index (Phi) is 5.06. The van der Waals surface area contributed by atoms with Crippen LogP contribution < -0.4 is 5.32 Å². The quantitative estimate of drug-likeness (QED) is 0.895. The van der Waals surface area contributed by atoms with Crippen molar-refractivity contribution in [2.45, 2.75) is 18.9 Å². The molecule has 1 fully saturated rings. The van der Waals surface area contributed by atoms with Crippen LogP contribution in [0.4, 0.5) is 10.6 Å². The number of urea groups is 1. The summed E-state index contributed by atoms with van der Waals surface area (Å²) >= 11 is 5.88. The number of amides is 2. The number of nitrogens with zero attached hydrogens (tertiary/aromatic N) is 3. The Morgan fingerprint density at radius 3 is 2.54 bits per heavy atom. The van der Waals surface area contributed by atoms with E-state index in [2.05, 4.69) is 10.4 Å². The second-order valence-corrected chi connectivity index (χ2v) is 6.56. The molecule has 1 saturated heterocycles. The third-order valence-electron chi connectivity index (χ3n) is 4.43. The van der Waals surface area contributed by atoms with Crippen molar-refractivity contribution in [2.24, 2.45) is 13.0 Å². The number of aliphatic hydroxyl groups is 1. The van der Waals surface area contributed by atoms with Crippen LogP contribution in [0.1, 0.15) is 24.5 Å². The summed E-state index contributed by atoms with van der Waals surface area (Å²) in [6, 6.07) is 8.90. The molecular weight excluding hydrogens is 328 g/mol. The predicted octanol–water partition coefficient (Wildman–Crippen LogP) is 3.05. The predicted molar refractivity (Wildman–Crippen MR) is 92.9 cm³/mol. The summed E-state index contributed by atoms with van der Waals surface area (Å²) < 4.78 is 1.64. The van der Waals surface area contributed by atoms with Crippen molar-refractivity contribution in [3.05, 3.63) is 47.1 Å². The Morgan fingerprint density at radius 2 is 1.96 bits per heavy atom. The molecule has 1 aliphatic heterocycles. The lowest BCUT2D eigenvalue weighted by atomic mass is 9.87. The monoisotopic (exact) mass is 348 g/mol. The summed E-state index contributed by atoms with van der Waals surface area (Å²) in [4.78, 5) is 14.0. The van der Waals surface area contributed by atoms with E-state index in [4.69, 9.17) is 11.6 Å². The summed E-state index contributed by atoms with van der Waals surface area (Å²) in [5, 5.41) is 18.1. The van der Waals surface area contributed by atoms with Crippen LogP contribution >= 0.6 is 11.6 Å². The molecule has 1 aliphatic rings. The number of aliphatic hydroxyl groups excluding tert-OH is 1. The Balaban J connectivity index is 1.53. The van der Waals surface area contributed by atoms with Gasteiger partial charge in [-0.2, -0.15) is 5.10 Å². The van der Waals surface area contributed by atoms with E-state index in [-0.39, 0.29) is 11.9 Å². The molecule has 7 heteroatoms. The minimum atomic E-state index is -0.525. The largest absolute Gasteiger partial charge is 0.388 e. The van der Waals surface area contributed by atoms with Gasteiger partial charge in [-0.25, -0.2) is 4.79 Å². The third-order valence-corrected chi connectivity index (χ3v) is 4.69. The summed E-state index contributed by atoms with van der Waals surface area (Å²) in [6.45, 7) is 1.24. The van der Waals surface area contributed by atoms with Gasteiger partial charge in [0.25, 0.3) is 0 Å². The van der Waals surface area contributed by atoms with Crippen molar-refractivity contribution in [2.75, 3.05) is 18.4 Å². The molecule has 2 heterocycles. The molecule has 0 aliphatic carbocycles. The minimum absolute atomic E-state index is 0.144. The molecule has 3 rings (SSSR count). The molecular formula is C17H21ClN4O2. The fourth-order valence-corrected chi connectivity index (χ4v) is 3.15. The van der Waals surface area contributed by atoms with Gasteiger partial charge in [0.15, 0.2) is 5.82 Å². The first-order chi connectivity index (χ1) is 11.5. The Bertz CT molecular complexity index is 693. The highest BCUT2D eigenvalue weighted by Crippen LogP contribution is 2.31. The fraction of sp³-hybridized carbons (Fsp3) is 0.412. The van der Waals surface area contributed by atoms with Gasteiger partial charge in [0, 0.05) is 37.4 Å². The molecule has 0 saturated carbocycles. The van der Waals surface area contributed by atoms with Gasteiger partial charge in [0.1, 0.15) is 0 Å². The summed E-state index contributed by atoms with van der Waals surface area (Å²) in [5.41, 5.74) is 0.871. The number of piperidine rings is 1. The van der Waals surface area contributed by atoms with Gasteiger partial charge in [0.05, 0.1) is 6.10 Å². The van der Waals surface area contributed by atoms with Crippen molar-refractivity contribution in [1.82, 2.24) is 14.7 Å². The summed E-state index contributed by atoms with van der Waals surface area (Å²) in [5.74, 6) is 0.691. The van der Waals surface area contributed by atoms with Gasteiger partial charge in [0.2, 0.25) is 0 Å². The number of benzene rings is 1. The molecule has 2 amide bonds. The highest BCUT2D eigenvalue weighted by Gasteiger charge is 2.28. The van der Waals surface area contributed by atoms with E-state index in [1.165, 1.54) is 0 Å². The Morgan fingerprint density at radius 1 is 1.29 bits per heavy atom. The average Bonchev–Trinajstić information content (AvgIpc) is 3.00. The smallest absolute Gasteiger partial charge is 0.323 e. The lowest BCUT2D eigenvalue weighted by molar-refractivity contribution is 0.0683. The van der Waals surface area contributed by atoms with E-state index in [9.17, 15) is 9.90 Å². The normalized spacial score (nSPS) is 16.9. The van der Waals surface area contributed by atoms with Crippen LogP contribution in [0.2, 0.25) is 5.02 Å². The first-order valence-electron chi connectivity index (χ1n) is 8.02. The van der Waals surface area contributed by atoms with Gasteiger partial charge < -0.3 is 10.0 Å². The second-order valence-electron chi connectivity index (χ2n) is 6.13. The maximum Gasteiger partial charge on any atom is 0.323 e. The van der Waals surface area contributed by atoms with Crippen molar-refractivity contribution in [3.63, 3.8) is 0 Å². The van der Waals surface area contributed by atoms with Crippen LogP contribution in [0.25, 0.3) is 0 Å². The Hall–Kier alpha value is -2.05. The lowest BCUT2D eigenvalue weighted by Gasteiger charge is -2.34. The number of anilines is 1. The van der Waals surface area contributed by atoms with Gasteiger partial charge in [-0.1, -0.05) is 23.7 Å². The van der Waals surface area contributed by atoms with Crippen molar-refractivity contribution >= 4 is 23.4 Å². The molecule has 128 valence electrons. The first kappa shape index (κ1) is 16.8. The zero-order valence-corrected chi connectivity index (χ0v) is 14.3. The lowest BCUT2D eigenvalue weighted by Crippen LogP contribution is -2.42. The van der Waals surface area contributed by atoms with Crippen LogP contribution in [-0.2, 0) is 7.05 Å². The molecule has 1 aromatic carbocycles. The maximum atomic E-state index is 12.2. The molecule has 6 nitrogen and oxygen atoms in total. The highest BCUT2D eigenvalue weighted by atomic mass is 35.5. The third kappa shape index (κ3) is 3.88. The van der Waals surface area contributed by atoms with E-state index in [0.717, 1.165) is 18.4 Å². The SMILES string of the molecule is Cn1ccc(NC(=O)N2CCC(C(O)c3ccc(Cl)cc3)CC2)n1. The topological polar surface area (TPSA) is 70.4 Å². The van der Waals surface area contributed by atoms with Crippen LogP contribution in [0, 0.1) is 5.92 Å². The van der Waals surface area contributed by atoms with Crippen LogP contribution in [-0.4, -0.2) is 38.9 Å². The van der Waals surface area contributed by atoms with E-state index < -0.39 is 6.10 Å². The van der Waals surface area contributed by atoms with Gasteiger partial charge in [-0.05, 0) is 36.5 Å². The van der Waals surface area contributed by atoms with Crippen LogP contribution in [0.5, 0.6) is 0 Å². The van der Waals surface area contributed by atoms with E-state index >= 15 is 0 Å². The van der Waals surface area contributed by atoms with E-state index in [1.54, 1.807) is 41.0 Å². The number of carbonyl (C=O) groups excluding carboxylic acids is 1. The molecule has 2 N–H and O–H groups in total. The van der Waals surface area contributed by atoms with Crippen LogP contribution in [0.15, 0.2) is 36.5 Å². The van der Waals surface area contributed by atoms with Crippen LogP contribution in [0.3, 0.4) is 0 Å². The number of carbonyl (C=O) groups is 1. The van der Waals surface area contributed by atoms with Crippen molar-refractivity contribution in [1.29, 1.82) is 0 Å². The zero-order chi connectivity index (χ0) is 17.1. The number of likely N-dealkylation sites (tertiary alicyclic amines) is 1. The summed E-state index contributed by atoms with van der Waals surface area (Å²) in [6.07, 6.45) is 2.78. The van der Waals surface area contributed by atoms with Gasteiger partial charge >= 0.3 is 6.03 Å². The molecule has 1 aromatic heterocycles. The number of hydrogen-bond donors (Lipinski definition) is 2. The van der Waals surface area contributed by atoms with E-state index in [0.29, 0.717) is 23.9 Å². The van der Waals surface area contributed by atoms with Gasteiger partial charge in [-0.15, -0.1) is 0 Å². The number of aromatic nitrogens is 2. The number of hydrogen-bond acceptors (Lipinski definition) is 3. The molecule has 0 spiro atoms. The zero-order valence-electron chi connectivity index (χ0n) is 13.5. The average molecular weight is 349 g/mol.